The summed E-state index contributed by atoms with van der Waals surface area (Å²) >= 11 is 0. The van der Waals surface area contributed by atoms with Gasteiger partial charge in [0.05, 0.1) is 0 Å². The topological polar surface area (TPSA) is 23.5 Å². The Labute approximate surface area is 137 Å². The lowest BCUT2D eigenvalue weighted by atomic mass is 10.0. The van der Waals surface area contributed by atoms with Gasteiger partial charge in [-0.25, -0.2) is 4.39 Å². The highest BCUT2D eigenvalue weighted by atomic mass is 19.1. The van der Waals surface area contributed by atoms with Crippen LogP contribution in [-0.2, 0) is 19.3 Å². The summed E-state index contributed by atoms with van der Waals surface area (Å²) in [6.45, 7) is 2.26. The first-order chi connectivity index (χ1) is 11.2. The Hall–Kier alpha value is -1.87. The molecule has 0 radical (unpaired) electrons. The third-order valence-electron chi connectivity index (χ3n) is 4.63. The van der Waals surface area contributed by atoms with Gasteiger partial charge in [0.25, 0.3) is 0 Å². The van der Waals surface area contributed by atoms with Crippen molar-refractivity contribution in [1.82, 2.24) is 4.90 Å². The van der Waals surface area contributed by atoms with Crippen molar-refractivity contribution >= 4 is 0 Å². The summed E-state index contributed by atoms with van der Waals surface area (Å²) in [5, 5.41) is 9.60. The Morgan fingerprint density at radius 2 is 1.74 bits per heavy atom. The molecule has 2 aromatic carbocycles. The van der Waals surface area contributed by atoms with E-state index in [1.54, 1.807) is 6.07 Å². The van der Waals surface area contributed by atoms with Gasteiger partial charge in [-0.15, -0.1) is 0 Å². The van der Waals surface area contributed by atoms with Crippen LogP contribution in [0.1, 0.15) is 23.1 Å². The van der Waals surface area contributed by atoms with Crippen molar-refractivity contribution in [2.75, 3.05) is 19.6 Å². The zero-order valence-corrected chi connectivity index (χ0v) is 13.4. The molecule has 3 rings (SSSR count). The van der Waals surface area contributed by atoms with Gasteiger partial charge in [-0.1, -0.05) is 36.4 Å². The smallest absolute Gasteiger partial charge is 0.115 e. The van der Waals surface area contributed by atoms with E-state index in [1.165, 1.54) is 16.7 Å². The Bertz CT molecular complexity index is 629. The number of rotatable bonds is 5. The van der Waals surface area contributed by atoms with Gasteiger partial charge < -0.3 is 5.11 Å². The minimum atomic E-state index is -0.787. The number of hydrogen-bond donors (Lipinski definition) is 1. The molecule has 1 unspecified atom stereocenters. The quantitative estimate of drug-likeness (QED) is 0.908. The molecule has 3 heteroatoms. The zero-order valence-electron chi connectivity index (χ0n) is 13.4. The van der Waals surface area contributed by atoms with Gasteiger partial charge in [-0.05, 0) is 54.5 Å². The van der Waals surface area contributed by atoms with E-state index in [9.17, 15) is 9.50 Å². The summed E-state index contributed by atoms with van der Waals surface area (Å²) in [7, 11) is 0. The standard InChI is InChI=1S/C20H24FNO/c21-19(8-6-16-4-2-1-3-5-16)15-22-12-10-17-7-9-20(23)14-18(17)11-13-22/h1-5,7,9,14,19,23H,6,8,10-13,15H2. The van der Waals surface area contributed by atoms with Gasteiger partial charge in [-0.2, -0.15) is 0 Å². The summed E-state index contributed by atoms with van der Waals surface area (Å²) in [5.41, 5.74) is 3.69. The highest BCUT2D eigenvalue weighted by molar-refractivity contribution is 5.36. The van der Waals surface area contributed by atoms with Crippen LogP contribution in [0, 0.1) is 0 Å². The molecule has 1 aliphatic heterocycles. The predicted octanol–water partition coefficient (Wildman–Crippen LogP) is 3.76. The molecule has 0 saturated heterocycles. The molecule has 0 bridgehead atoms. The Morgan fingerprint density at radius 3 is 2.52 bits per heavy atom. The van der Waals surface area contributed by atoms with Gasteiger partial charge in [0.15, 0.2) is 0 Å². The van der Waals surface area contributed by atoms with E-state index in [0.29, 0.717) is 18.7 Å². The number of halogens is 1. The fourth-order valence-electron chi connectivity index (χ4n) is 3.28. The van der Waals surface area contributed by atoms with Crippen molar-refractivity contribution in [2.45, 2.75) is 31.9 Å². The number of aryl methyl sites for hydroxylation is 1. The number of phenols is 1. The molecule has 0 fully saturated rings. The third kappa shape index (κ3) is 4.55. The molecule has 0 amide bonds. The largest absolute Gasteiger partial charge is 0.508 e. The third-order valence-corrected chi connectivity index (χ3v) is 4.63. The second-order valence-corrected chi connectivity index (χ2v) is 6.38. The first-order valence-corrected chi connectivity index (χ1v) is 8.42. The molecular formula is C20H24FNO. The second-order valence-electron chi connectivity index (χ2n) is 6.38. The van der Waals surface area contributed by atoms with E-state index in [1.807, 2.05) is 30.3 Å². The summed E-state index contributed by atoms with van der Waals surface area (Å²) in [6.07, 6.45) is 2.40. The van der Waals surface area contributed by atoms with Gasteiger partial charge in [0, 0.05) is 19.6 Å². The predicted molar refractivity (Wildman–Crippen MR) is 91.6 cm³/mol. The average Bonchev–Trinajstić information content (AvgIpc) is 2.76. The minimum Gasteiger partial charge on any atom is -0.508 e. The van der Waals surface area contributed by atoms with Crippen LogP contribution < -0.4 is 0 Å². The van der Waals surface area contributed by atoms with Crippen molar-refractivity contribution < 1.29 is 9.50 Å². The molecule has 1 atom stereocenters. The maximum Gasteiger partial charge on any atom is 0.115 e. The zero-order chi connectivity index (χ0) is 16.1. The van der Waals surface area contributed by atoms with Crippen LogP contribution in [0.5, 0.6) is 5.75 Å². The fraction of sp³-hybridized carbons (Fsp3) is 0.400. The molecule has 122 valence electrons. The van der Waals surface area contributed by atoms with E-state index in [4.69, 9.17) is 0 Å². The molecule has 1 N–H and O–H groups in total. The van der Waals surface area contributed by atoms with Crippen LogP contribution in [0.4, 0.5) is 4.39 Å². The first kappa shape index (κ1) is 16.0. The normalized spacial score (nSPS) is 16.6. The molecule has 1 heterocycles. The van der Waals surface area contributed by atoms with E-state index in [0.717, 1.165) is 32.4 Å². The summed E-state index contributed by atoms with van der Waals surface area (Å²) in [4.78, 5) is 2.21. The maximum absolute atomic E-state index is 14.3. The van der Waals surface area contributed by atoms with Crippen LogP contribution >= 0.6 is 0 Å². The van der Waals surface area contributed by atoms with E-state index >= 15 is 0 Å². The molecular weight excluding hydrogens is 289 g/mol. The number of aromatic hydroxyl groups is 1. The first-order valence-electron chi connectivity index (χ1n) is 8.42. The van der Waals surface area contributed by atoms with Crippen LogP contribution in [-0.4, -0.2) is 35.8 Å². The van der Waals surface area contributed by atoms with Gasteiger partial charge in [0.2, 0.25) is 0 Å². The highest BCUT2D eigenvalue weighted by Crippen LogP contribution is 2.21. The molecule has 0 aromatic heterocycles. The van der Waals surface area contributed by atoms with Crippen molar-refractivity contribution in [2.24, 2.45) is 0 Å². The number of phenolic OH excluding ortho intramolecular Hbond substituents is 1. The van der Waals surface area contributed by atoms with Crippen LogP contribution in [0.25, 0.3) is 0 Å². The van der Waals surface area contributed by atoms with Crippen LogP contribution in [0.3, 0.4) is 0 Å². The number of alkyl halides is 1. The van der Waals surface area contributed by atoms with E-state index in [-0.39, 0.29) is 0 Å². The van der Waals surface area contributed by atoms with Crippen LogP contribution in [0.15, 0.2) is 48.5 Å². The van der Waals surface area contributed by atoms with Crippen molar-refractivity contribution in [3.05, 3.63) is 65.2 Å². The molecule has 1 aliphatic rings. The number of hydrogen-bond acceptors (Lipinski definition) is 2. The SMILES string of the molecule is Oc1ccc2c(c1)CCN(CC(F)CCc1ccccc1)CC2. The average molecular weight is 313 g/mol. The lowest BCUT2D eigenvalue weighted by molar-refractivity contribution is 0.189. The summed E-state index contributed by atoms with van der Waals surface area (Å²) in [6, 6.07) is 15.7. The van der Waals surface area contributed by atoms with Crippen molar-refractivity contribution in [3.8, 4) is 5.75 Å². The summed E-state index contributed by atoms with van der Waals surface area (Å²) in [5.74, 6) is 0.323. The van der Waals surface area contributed by atoms with E-state index in [2.05, 4.69) is 17.0 Å². The second kappa shape index (κ2) is 7.60. The van der Waals surface area contributed by atoms with E-state index < -0.39 is 6.17 Å². The lowest BCUT2D eigenvalue weighted by Gasteiger charge is -2.22. The molecule has 2 nitrogen and oxygen atoms in total. The Balaban J connectivity index is 1.49. The molecule has 23 heavy (non-hydrogen) atoms. The van der Waals surface area contributed by atoms with Gasteiger partial charge >= 0.3 is 0 Å². The molecule has 0 aliphatic carbocycles. The minimum absolute atomic E-state index is 0.323. The number of nitrogens with zero attached hydrogens (tertiary/aromatic N) is 1. The van der Waals surface area contributed by atoms with Crippen molar-refractivity contribution in [3.63, 3.8) is 0 Å². The molecule has 0 spiro atoms. The fourth-order valence-corrected chi connectivity index (χ4v) is 3.28. The highest BCUT2D eigenvalue weighted by Gasteiger charge is 2.18. The number of fused-ring (bicyclic) bond motifs is 1. The van der Waals surface area contributed by atoms with Crippen LogP contribution in [0.2, 0.25) is 0 Å². The van der Waals surface area contributed by atoms with Crippen molar-refractivity contribution in [1.29, 1.82) is 0 Å². The number of benzene rings is 2. The summed E-state index contributed by atoms with van der Waals surface area (Å²) < 4.78 is 14.3. The molecule has 0 saturated carbocycles. The monoisotopic (exact) mass is 313 g/mol. The van der Waals surface area contributed by atoms with Gasteiger partial charge in [-0.3, -0.25) is 4.90 Å². The Kier molecular flexibility index (Phi) is 5.29. The Morgan fingerprint density at radius 1 is 1.00 bits per heavy atom. The maximum atomic E-state index is 14.3. The van der Waals surface area contributed by atoms with Gasteiger partial charge in [0.1, 0.15) is 11.9 Å². The lowest BCUT2D eigenvalue weighted by Crippen LogP contribution is -2.33. The molecule has 2 aromatic rings.